The van der Waals surface area contributed by atoms with Crippen LogP contribution in [0.2, 0.25) is 0 Å². The first-order valence-electron chi connectivity index (χ1n) is 4.72. The van der Waals surface area contributed by atoms with Crippen molar-refractivity contribution in [2.45, 2.75) is 11.8 Å². The van der Waals surface area contributed by atoms with E-state index < -0.39 is 0 Å². The number of thioether (sulfide) groups is 1. The lowest BCUT2D eigenvalue weighted by molar-refractivity contribution is 0.603. The van der Waals surface area contributed by atoms with Crippen LogP contribution in [0.3, 0.4) is 0 Å². The van der Waals surface area contributed by atoms with E-state index in [2.05, 4.69) is 40.2 Å². The Labute approximate surface area is 103 Å². The van der Waals surface area contributed by atoms with Crippen LogP contribution in [-0.2, 0) is 6.42 Å². The number of hydrogen-bond donors (Lipinski definition) is 0. The van der Waals surface area contributed by atoms with Crippen LogP contribution < -0.4 is 0 Å². The third kappa shape index (κ3) is 2.68. The van der Waals surface area contributed by atoms with Crippen LogP contribution in [0.4, 0.5) is 0 Å². The number of hydrogen-bond acceptors (Lipinski definition) is 1. The second kappa shape index (κ2) is 4.91. The molecule has 0 aromatic heterocycles. The highest BCUT2D eigenvalue weighted by Crippen LogP contribution is 2.31. The molecule has 0 spiro atoms. The van der Waals surface area contributed by atoms with E-state index in [1.165, 1.54) is 11.3 Å². The molecule has 1 heterocycles. The van der Waals surface area contributed by atoms with Crippen LogP contribution in [0.1, 0.15) is 5.56 Å². The van der Waals surface area contributed by atoms with Gasteiger partial charge >= 0.3 is 0 Å². The second-order valence-electron chi connectivity index (χ2n) is 3.64. The average molecular weight is 292 g/mol. The van der Waals surface area contributed by atoms with Crippen LogP contribution in [0.15, 0.2) is 28.7 Å². The Kier molecular flexibility index (Phi) is 3.80. The third-order valence-corrected chi connectivity index (χ3v) is 5.01. The minimum atomic E-state index is 0.364. The van der Waals surface area contributed by atoms with E-state index in [4.69, 9.17) is 11.6 Å². The molecule has 0 aliphatic carbocycles. The zero-order chi connectivity index (χ0) is 9.97. The van der Waals surface area contributed by atoms with Crippen molar-refractivity contribution in [3.63, 3.8) is 0 Å². The van der Waals surface area contributed by atoms with Gasteiger partial charge in [0.1, 0.15) is 0 Å². The second-order valence-corrected chi connectivity index (χ2v) is 6.20. The number of benzene rings is 1. The molecule has 0 N–H and O–H groups in total. The van der Waals surface area contributed by atoms with Gasteiger partial charge in [0.25, 0.3) is 0 Å². The predicted molar refractivity (Wildman–Crippen MR) is 68.3 cm³/mol. The van der Waals surface area contributed by atoms with Crippen molar-refractivity contribution in [1.29, 1.82) is 0 Å². The first-order chi connectivity index (χ1) is 6.75. The number of rotatable bonds is 2. The lowest BCUT2D eigenvalue weighted by Gasteiger charge is -2.12. The molecule has 1 aromatic carbocycles. The molecule has 3 heteroatoms. The molecule has 0 bridgehead atoms. The van der Waals surface area contributed by atoms with Gasteiger partial charge in [-0.25, -0.2) is 0 Å². The summed E-state index contributed by atoms with van der Waals surface area (Å²) in [6.07, 6.45) is 1.12. The van der Waals surface area contributed by atoms with Gasteiger partial charge in [0, 0.05) is 15.6 Å². The fourth-order valence-electron chi connectivity index (χ4n) is 1.68. The molecular weight excluding hydrogens is 280 g/mol. The summed E-state index contributed by atoms with van der Waals surface area (Å²) in [5.74, 6) is 2.98. The molecule has 0 saturated carbocycles. The predicted octanol–water partition coefficient (Wildman–Crippen LogP) is 3.96. The van der Waals surface area contributed by atoms with E-state index in [0.717, 1.165) is 16.6 Å². The van der Waals surface area contributed by atoms with Crippen molar-refractivity contribution in [1.82, 2.24) is 0 Å². The highest BCUT2D eigenvalue weighted by atomic mass is 79.9. The summed E-state index contributed by atoms with van der Waals surface area (Å²) in [7, 11) is 0. The van der Waals surface area contributed by atoms with Gasteiger partial charge < -0.3 is 0 Å². The molecule has 2 unspecified atom stereocenters. The Hall–Kier alpha value is 0.340. The van der Waals surface area contributed by atoms with E-state index in [1.807, 2.05) is 11.8 Å². The van der Waals surface area contributed by atoms with Gasteiger partial charge in [-0.3, -0.25) is 0 Å². The van der Waals surface area contributed by atoms with Crippen LogP contribution in [0.5, 0.6) is 0 Å². The van der Waals surface area contributed by atoms with Gasteiger partial charge in [-0.1, -0.05) is 28.1 Å². The maximum atomic E-state index is 6.23. The van der Waals surface area contributed by atoms with Crippen LogP contribution in [0, 0.1) is 5.92 Å². The quantitative estimate of drug-likeness (QED) is 0.743. The summed E-state index contributed by atoms with van der Waals surface area (Å²) in [6, 6.07) is 8.55. The molecule has 1 fully saturated rings. The lowest BCUT2D eigenvalue weighted by Crippen LogP contribution is -2.14. The highest BCUT2D eigenvalue weighted by molar-refractivity contribution is 9.10. The van der Waals surface area contributed by atoms with Crippen LogP contribution in [-0.4, -0.2) is 16.9 Å². The summed E-state index contributed by atoms with van der Waals surface area (Å²) in [5.41, 5.74) is 1.39. The molecular formula is C11H12BrClS. The van der Waals surface area contributed by atoms with Gasteiger partial charge in [-0.05, 0) is 35.8 Å². The third-order valence-electron chi connectivity index (χ3n) is 2.53. The standard InChI is InChI=1S/C11H12BrClS/c12-10-3-1-8(2-4-10)5-9-6-14-7-11(9)13/h1-4,9,11H,5-7H2. The summed E-state index contributed by atoms with van der Waals surface area (Å²) in [5, 5.41) is 0.364. The highest BCUT2D eigenvalue weighted by Gasteiger charge is 2.25. The molecule has 0 amide bonds. The largest absolute Gasteiger partial charge is 0.160 e. The summed E-state index contributed by atoms with van der Waals surface area (Å²) < 4.78 is 1.14. The van der Waals surface area contributed by atoms with E-state index in [1.54, 1.807) is 0 Å². The maximum Gasteiger partial charge on any atom is 0.0465 e. The molecule has 0 nitrogen and oxygen atoms in total. The van der Waals surface area contributed by atoms with E-state index in [0.29, 0.717) is 11.3 Å². The zero-order valence-electron chi connectivity index (χ0n) is 7.75. The first kappa shape index (κ1) is 10.8. The molecule has 1 aliphatic heterocycles. The summed E-state index contributed by atoms with van der Waals surface area (Å²) in [4.78, 5) is 0. The molecule has 14 heavy (non-hydrogen) atoms. The SMILES string of the molecule is ClC1CSCC1Cc1ccc(Br)cc1. The van der Waals surface area contributed by atoms with Crippen LogP contribution in [0.25, 0.3) is 0 Å². The van der Waals surface area contributed by atoms with E-state index >= 15 is 0 Å². The van der Waals surface area contributed by atoms with Gasteiger partial charge in [-0.2, -0.15) is 11.8 Å². The molecule has 0 radical (unpaired) electrons. The normalized spacial score (nSPS) is 26.7. The van der Waals surface area contributed by atoms with Crippen molar-refractivity contribution in [2.75, 3.05) is 11.5 Å². The van der Waals surface area contributed by atoms with Crippen molar-refractivity contribution < 1.29 is 0 Å². The smallest absolute Gasteiger partial charge is 0.0465 e. The van der Waals surface area contributed by atoms with Gasteiger partial charge in [0.05, 0.1) is 0 Å². The Morgan fingerprint density at radius 3 is 2.57 bits per heavy atom. The van der Waals surface area contributed by atoms with Crippen molar-refractivity contribution in [3.8, 4) is 0 Å². The maximum absolute atomic E-state index is 6.23. The van der Waals surface area contributed by atoms with Crippen LogP contribution >= 0.6 is 39.3 Å². The minimum Gasteiger partial charge on any atom is -0.160 e. The van der Waals surface area contributed by atoms with Crippen molar-refractivity contribution >= 4 is 39.3 Å². The van der Waals surface area contributed by atoms with E-state index in [-0.39, 0.29) is 0 Å². The minimum absolute atomic E-state index is 0.364. The fourth-order valence-corrected chi connectivity index (χ4v) is 3.78. The van der Waals surface area contributed by atoms with Gasteiger partial charge in [0.15, 0.2) is 0 Å². The topological polar surface area (TPSA) is 0 Å². The molecule has 2 rings (SSSR count). The summed E-state index contributed by atoms with van der Waals surface area (Å²) >= 11 is 11.6. The molecule has 2 atom stereocenters. The zero-order valence-corrected chi connectivity index (χ0v) is 10.9. The van der Waals surface area contributed by atoms with Crippen molar-refractivity contribution in [3.05, 3.63) is 34.3 Å². The Balaban J connectivity index is 2.00. The summed E-state index contributed by atoms with van der Waals surface area (Å²) in [6.45, 7) is 0. The Morgan fingerprint density at radius 2 is 2.00 bits per heavy atom. The lowest BCUT2D eigenvalue weighted by atomic mass is 9.99. The first-order valence-corrected chi connectivity index (χ1v) is 7.10. The van der Waals surface area contributed by atoms with E-state index in [9.17, 15) is 0 Å². The molecule has 1 saturated heterocycles. The molecule has 76 valence electrons. The Bertz CT molecular complexity index is 299. The Morgan fingerprint density at radius 1 is 1.29 bits per heavy atom. The number of alkyl halides is 1. The molecule has 1 aliphatic rings. The molecule has 1 aromatic rings. The number of halogens is 2. The average Bonchev–Trinajstić information content (AvgIpc) is 2.56. The fraction of sp³-hybridized carbons (Fsp3) is 0.455. The monoisotopic (exact) mass is 290 g/mol. The van der Waals surface area contributed by atoms with Gasteiger partial charge in [0.2, 0.25) is 0 Å². The van der Waals surface area contributed by atoms with Gasteiger partial charge in [-0.15, -0.1) is 11.6 Å². The van der Waals surface area contributed by atoms with Crippen molar-refractivity contribution in [2.24, 2.45) is 5.92 Å².